The summed E-state index contributed by atoms with van der Waals surface area (Å²) < 4.78 is 0. The zero-order valence-corrected chi connectivity index (χ0v) is 14.1. The number of benzene rings is 2. The van der Waals surface area contributed by atoms with Crippen molar-refractivity contribution >= 4 is 30.0 Å². The Balaban J connectivity index is 1.65. The van der Waals surface area contributed by atoms with Crippen molar-refractivity contribution in [3.8, 4) is 11.5 Å². The molecule has 3 rings (SSSR count). The number of phenolic OH excluding ortho intramolecular Hbond substituents is 2. The van der Waals surface area contributed by atoms with Gasteiger partial charge in [0.05, 0.1) is 12.4 Å². The summed E-state index contributed by atoms with van der Waals surface area (Å²) in [4.78, 5) is 8.06. The lowest BCUT2D eigenvalue weighted by molar-refractivity contribution is 0.474. The highest BCUT2D eigenvalue weighted by molar-refractivity contribution is 5.81. The summed E-state index contributed by atoms with van der Waals surface area (Å²) in [5, 5.41) is 26.9. The minimum absolute atomic E-state index is 0.0441. The van der Waals surface area contributed by atoms with Gasteiger partial charge < -0.3 is 15.9 Å². The fourth-order valence-electron chi connectivity index (χ4n) is 2.14. The second-order valence-electron chi connectivity index (χ2n) is 5.43. The molecule has 0 saturated carbocycles. The maximum absolute atomic E-state index is 9.43. The molecule has 9 nitrogen and oxygen atoms in total. The lowest BCUT2D eigenvalue weighted by atomic mass is 10.2. The van der Waals surface area contributed by atoms with Crippen molar-refractivity contribution in [1.29, 1.82) is 0 Å². The van der Waals surface area contributed by atoms with Gasteiger partial charge in [-0.25, -0.2) is 0 Å². The Labute approximate surface area is 154 Å². The van der Waals surface area contributed by atoms with Crippen LogP contribution in [0, 0.1) is 0 Å². The SMILES string of the molecule is Nc1nc(NN=Cc2cccc(O)c2)cc(NN=Cc2cccc(O)c2)n1. The molecule has 3 aromatic rings. The van der Waals surface area contributed by atoms with E-state index in [0.717, 1.165) is 11.1 Å². The van der Waals surface area contributed by atoms with Gasteiger partial charge in [0, 0.05) is 6.07 Å². The van der Waals surface area contributed by atoms with Crippen LogP contribution in [-0.4, -0.2) is 32.6 Å². The molecule has 0 unspecified atom stereocenters. The molecule has 136 valence electrons. The summed E-state index contributed by atoms with van der Waals surface area (Å²) >= 11 is 0. The molecule has 0 aliphatic carbocycles. The molecule has 0 fully saturated rings. The summed E-state index contributed by atoms with van der Waals surface area (Å²) in [5.41, 5.74) is 12.6. The molecule has 1 aromatic heterocycles. The minimum atomic E-state index is 0.0441. The molecule has 0 aliphatic heterocycles. The number of hydrogen-bond donors (Lipinski definition) is 5. The number of aromatic nitrogens is 2. The van der Waals surface area contributed by atoms with Crippen LogP contribution in [0.4, 0.5) is 17.6 Å². The van der Waals surface area contributed by atoms with E-state index in [0.29, 0.717) is 11.6 Å². The number of hydrazone groups is 2. The second-order valence-corrected chi connectivity index (χ2v) is 5.43. The maximum atomic E-state index is 9.43. The molecule has 0 spiro atoms. The third kappa shape index (κ3) is 5.43. The summed E-state index contributed by atoms with van der Waals surface area (Å²) in [6.07, 6.45) is 3.07. The number of hydrogen-bond acceptors (Lipinski definition) is 9. The molecule has 6 N–H and O–H groups in total. The lowest BCUT2D eigenvalue weighted by Crippen LogP contribution is -2.03. The average molecular weight is 363 g/mol. The number of nitrogen functional groups attached to an aromatic ring is 1. The fourth-order valence-corrected chi connectivity index (χ4v) is 2.14. The number of anilines is 3. The van der Waals surface area contributed by atoms with Crippen LogP contribution in [0.15, 0.2) is 64.8 Å². The topological polar surface area (TPSA) is 141 Å². The van der Waals surface area contributed by atoms with Crippen LogP contribution in [0.5, 0.6) is 11.5 Å². The number of nitrogens with zero attached hydrogens (tertiary/aromatic N) is 4. The largest absolute Gasteiger partial charge is 0.508 e. The van der Waals surface area contributed by atoms with Gasteiger partial charge in [0.2, 0.25) is 5.95 Å². The number of phenols is 2. The van der Waals surface area contributed by atoms with Crippen molar-refractivity contribution in [3.05, 3.63) is 65.7 Å². The van der Waals surface area contributed by atoms with Crippen LogP contribution in [-0.2, 0) is 0 Å². The highest BCUT2D eigenvalue weighted by atomic mass is 16.3. The first-order chi connectivity index (χ1) is 13.1. The third-order valence-corrected chi connectivity index (χ3v) is 3.27. The molecule has 0 bridgehead atoms. The van der Waals surface area contributed by atoms with E-state index in [-0.39, 0.29) is 17.4 Å². The zero-order valence-electron chi connectivity index (χ0n) is 14.1. The Bertz CT molecular complexity index is 913. The second kappa shape index (κ2) is 8.30. The van der Waals surface area contributed by atoms with Gasteiger partial charge in [0.15, 0.2) is 11.6 Å². The average Bonchev–Trinajstić information content (AvgIpc) is 2.61. The van der Waals surface area contributed by atoms with Crippen molar-refractivity contribution in [2.45, 2.75) is 0 Å². The van der Waals surface area contributed by atoms with Crippen molar-refractivity contribution in [1.82, 2.24) is 9.97 Å². The summed E-state index contributed by atoms with van der Waals surface area (Å²) in [7, 11) is 0. The lowest BCUT2D eigenvalue weighted by Gasteiger charge is -2.04. The molecule has 9 heteroatoms. The van der Waals surface area contributed by atoms with Crippen molar-refractivity contribution in [2.24, 2.45) is 10.2 Å². The fraction of sp³-hybridized carbons (Fsp3) is 0. The maximum Gasteiger partial charge on any atom is 0.224 e. The van der Waals surface area contributed by atoms with Crippen LogP contribution in [0.3, 0.4) is 0 Å². The molecule has 0 aliphatic rings. The molecule has 2 aromatic carbocycles. The van der Waals surface area contributed by atoms with E-state index in [4.69, 9.17) is 5.73 Å². The third-order valence-electron chi connectivity index (χ3n) is 3.27. The van der Waals surface area contributed by atoms with Gasteiger partial charge in [0.1, 0.15) is 11.5 Å². The van der Waals surface area contributed by atoms with Crippen LogP contribution < -0.4 is 16.6 Å². The van der Waals surface area contributed by atoms with E-state index in [2.05, 4.69) is 31.0 Å². The Kier molecular flexibility index (Phi) is 5.43. The van der Waals surface area contributed by atoms with E-state index < -0.39 is 0 Å². The number of nitrogens with two attached hydrogens (primary N) is 1. The Morgan fingerprint density at radius 2 is 1.26 bits per heavy atom. The van der Waals surface area contributed by atoms with Gasteiger partial charge in [-0.15, -0.1) is 0 Å². The highest BCUT2D eigenvalue weighted by Gasteiger charge is 2.01. The van der Waals surface area contributed by atoms with Gasteiger partial charge in [-0.3, -0.25) is 10.9 Å². The van der Waals surface area contributed by atoms with Gasteiger partial charge >= 0.3 is 0 Å². The monoisotopic (exact) mass is 363 g/mol. The first kappa shape index (κ1) is 17.7. The molecular formula is C18H17N7O2. The zero-order chi connectivity index (χ0) is 19.1. The minimum Gasteiger partial charge on any atom is -0.508 e. The Morgan fingerprint density at radius 1 is 0.778 bits per heavy atom. The predicted octanol–water partition coefficient (Wildman–Crippen LogP) is 2.36. The summed E-state index contributed by atoms with van der Waals surface area (Å²) in [5.74, 6) is 1.09. The molecule has 0 radical (unpaired) electrons. The van der Waals surface area contributed by atoms with Crippen molar-refractivity contribution in [3.63, 3.8) is 0 Å². The van der Waals surface area contributed by atoms with Gasteiger partial charge in [0.25, 0.3) is 0 Å². The predicted molar refractivity (Wildman–Crippen MR) is 105 cm³/mol. The van der Waals surface area contributed by atoms with Crippen LogP contribution in [0.1, 0.15) is 11.1 Å². The van der Waals surface area contributed by atoms with E-state index in [1.807, 2.05) is 0 Å². The summed E-state index contributed by atoms with van der Waals surface area (Å²) in [6.45, 7) is 0. The van der Waals surface area contributed by atoms with E-state index in [1.54, 1.807) is 54.6 Å². The standard InChI is InChI=1S/C18H17N7O2/c19-18-22-16(24-20-10-12-3-1-5-14(26)7-12)9-17(23-18)25-21-11-13-4-2-6-15(27)8-13/h1-11,26-27H,(H4,19,22,23,24,25). The van der Waals surface area contributed by atoms with Gasteiger partial charge in [-0.05, 0) is 35.4 Å². The van der Waals surface area contributed by atoms with Crippen LogP contribution >= 0.6 is 0 Å². The molecule has 27 heavy (non-hydrogen) atoms. The molecule has 1 heterocycles. The van der Waals surface area contributed by atoms with E-state index >= 15 is 0 Å². The number of rotatable bonds is 6. The Hall–Kier alpha value is -4.14. The van der Waals surface area contributed by atoms with Gasteiger partial charge in [-0.2, -0.15) is 20.2 Å². The van der Waals surface area contributed by atoms with Crippen molar-refractivity contribution < 1.29 is 10.2 Å². The smallest absolute Gasteiger partial charge is 0.224 e. The first-order valence-electron chi connectivity index (χ1n) is 7.89. The number of aromatic hydroxyl groups is 2. The molecule has 0 amide bonds. The molecule has 0 atom stereocenters. The Morgan fingerprint density at radius 3 is 1.70 bits per heavy atom. The first-order valence-corrected chi connectivity index (χ1v) is 7.89. The normalized spacial score (nSPS) is 11.1. The van der Waals surface area contributed by atoms with Crippen LogP contribution in [0.2, 0.25) is 0 Å². The van der Waals surface area contributed by atoms with E-state index in [1.165, 1.54) is 12.4 Å². The highest BCUT2D eigenvalue weighted by Crippen LogP contribution is 2.14. The number of nitrogens with one attached hydrogen (secondary N) is 2. The van der Waals surface area contributed by atoms with Gasteiger partial charge in [-0.1, -0.05) is 24.3 Å². The molecule has 0 saturated heterocycles. The van der Waals surface area contributed by atoms with Crippen molar-refractivity contribution in [2.75, 3.05) is 16.6 Å². The summed E-state index contributed by atoms with van der Waals surface area (Å²) in [6, 6.07) is 14.9. The van der Waals surface area contributed by atoms with Crippen LogP contribution in [0.25, 0.3) is 0 Å². The van der Waals surface area contributed by atoms with E-state index in [9.17, 15) is 10.2 Å². The quantitative estimate of drug-likeness (QED) is 0.334. The molecular weight excluding hydrogens is 346 g/mol.